The number of fused-ring (bicyclic) bond motifs is 1. The van der Waals surface area contributed by atoms with Crippen molar-refractivity contribution in [2.45, 2.75) is 97.2 Å². The van der Waals surface area contributed by atoms with Gasteiger partial charge < -0.3 is 9.84 Å². The van der Waals surface area contributed by atoms with Crippen LogP contribution in [0.15, 0.2) is 52.4 Å². The smallest absolute Gasteiger partial charge is 0.139 e. The third-order valence-corrected chi connectivity index (χ3v) is 7.93. The van der Waals surface area contributed by atoms with Gasteiger partial charge in [0.1, 0.15) is 23.8 Å². The second-order valence-electron chi connectivity index (χ2n) is 10.2. The Kier molecular flexibility index (Phi) is 9.01. The van der Waals surface area contributed by atoms with Crippen LogP contribution in [0.3, 0.4) is 0 Å². The Morgan fingerprint density at radius 2 is 1.89 bits per heavy atom. The van der Waals surface area contributed by atoms with Crippen molar-refractivity contribution in [3.8, 4) is 11.5 Å². The zero-order valence-corrected chi connectivity index (χ0v) is 21.7. The van der Waals surface area contributed by atoms with E-state index in [1.807, 2.05) is 12.3 Å². The van der Waals surface area contributed by atoms with Crippen LogP contribution in [-0.2, 0) is 6.42 Å². The molecule has 0 saturated carbocycles. The van der Waals surface area contributed by atoms with E-state index in [2.05, 4.69) is 50.0 Å². The number of aromatic hydroxyl groups is 1. The van der Waals surface area contributed by atoms with Crippen LogP contribution in [0.1, 0.15) is 101 Å². The van der Waals surface area contributed by atoms with Crippen molar-refractivity contribution >= 4 is 11.9 Å². The predicted octanol–water partition coefficient (Wildman–Crippen LogP) is 8.07. The number of phenolic OH excluding ortho intramolecular Hbond substituents is 1. The Morgan fingerprint density at radius 3 is 2.69 bits per heavy atom. The molecule has 2 aliphatic rings. The summed E-state index contributed by atoms with van der Waals surface area (Å²) < 4.78 is 6.89. The topological polar surface area (TPSA) is 54.2 Å². The fourth-order valence-electron chi connectivity index (χ4n) is 5.66. The van der Waals surface area contributed by atoms with Crippen molar-refractivity contribution in [1.29, 1.82) is 0 Å². The van der Waals surface area contributed by atoms with Gasteiger partial charge in [-0.3, -0.25) is 9.98 Å². The number of aliphatic imine (C=N–C) groups is 2. The highest BCUT2D eigenvalue weighted by Crippen LogP contribution is 2.42. The van der Waals surface area contributed by atoms with Gasteiger partial charge in [-0.25, -0.2) is 0 Å². The van der Waals surface area contributed by atoms with E-state index in [1.165, 1.54) is 49.7 Å². The average molecular weight is 475 g/mol. The third kappa shape index (κ3) is 6.34. The highest BCUT2D eigenvalue weighted by Gasteiger charge is 2.32. The van der Waals surface area contributed by atoms with Crippen molar-refractivity contribution in [3.63, 3.8) is 0 Å². The summed E-state index contributed by atoms with van der Waals surface area (Å²) >= 11 is 0. The lowest BCUT2D eigenvalue weighted by molar-refractivity contribution is 0.110. The first kappa shape index (κ1) is 25.5. The van der Waals surface area contributed by atoms with Crippen LogP contribution in [-0.4, -0.2) is 23.2 Å². The van der Waals surface area contributed by atoms with Gasteiger partial charge in [0.25, 0.3) is 0 Å². The van der Waals surface area contributed by atoms with Crippen LogP contribution >= 0.6 is 0 Å². The second-order valence-corrected chi connectivity index (χ2v) is 10.2. The minimum atomic E-state index is -0.0489. The van der Waals surface area contributed by atoms with Crippen molar-refractivity contribution < 1.29 is 9.84 Å². The average Bonchev–Trinajstić information content (AvgIpc) is 2.90. The molecule has 0 saturated heterocycles. The molecule has 0 aromatic heterocycles. The summed E-state index contributed by atoms with van der Waals surface area (Å²) in [5.74, 6) is 2.41. The summed E-state index contributed by atoms with van der Waals surface area (Å²) in [5, 5.41) is 10.3. The maximum atomic E-state index is 10.3. The van der Waals surface area contributed by atoms with Crippen molar-refractivity contribution in [3.05, 3.63) is 59.2 Å². The summed E-state index contributed by atoms with van der Waals surface area (Å²) in [7, 11) is 0. The summed E-state index contributed by atoms with van der Waals surface area (Å²) in [6.45, 7) is 6.73. The lowest BCUT2D eigenvalue weighted by Crippen LogP contribution is -2.26. The normalized spacial score (nSPS) is 21.6. The highest BCUT2D eigenvalue weighted by molar-refractivity contribution is 6.10. The molecule has 0 amide bonds. The number of hydrogen-bond acceptors (Lipinski definition) is 4. The van der Waals surface area contributed by atoms with E-state index in [0.29, 0.717) is 12.3 Å². The molecule has 1 N–H and O–H groups in total. The first-order valence-corrected chi connectivity index (χ1v) is 13.8. The Hall–Kier alpha value is -2.62. The molecule has 1 aliphatic heterocycles. The van der Waals surface area contributed by atoms with E-state index in [9.17, 15) is 5.11 Å². The van der Waals surface area contributed by atoms with Gasteiger partial charge in [0.05, 0.1) is 5.71 Å². The maximum Gasteiger partial charge on any atom is 0.139 e. The van der Waals surface area contributed by atoms with Gasteiger partial charge in [-0.15, -0.1) is 0 Å². The number of benzene rings is 2. The molecule has 35 heavy (non-hydrogen) atoms. The van der Waals surface area contributed by atoms with Crippen LogP contribution < -0.4 is 4.74 Å². The zero-order valence-electron chi connectivity index (χ0n) is 21.7. The summed E-state index contributed by atoms with van der Waals surface area (Å²) in [6.07, 6.45) is 13.4. The molecule has 0 fully saturated rings. The number of rotatable bonds is 11. The van der Waals surface area contributed by atoms with Crippen LogP contribution in [0.2, 0.25) is 0 Å². The Bertz CT molecular complexity index is 1020. The molecule has 1 heterocycles. The number of hydrogen-bond donors (Lipinski definition) is 1. The molecule has 3 unspecified atom stereocenters. The van der Waals surface area contributed by atoms with E-state index < -0.39 is 0 Å². The Balaban J connectivity index is 1.57. The van der Waals surface area contributed by atoms with Gasteiger partial charge in [0.2, 0.25) is 0 Å². The van der Waals surface area contributed by atoms with E-state index in [4.69, 9.17) is 9.73 Å². The highest BCUT2D eigenvalue weighted by atomic mass is 16.5. The molecule has 2 aromatic rings. The SMILES string of the molecule is CCC(CC)CCCCC1CCc2ccccc2C1Oc1ccc(O)cc1C1=NC(CC)N=CC1. The molecule has 3 atom stereocenters. The molecule has 0 bridgehead atoms. The van der Waals surface area contributed by atoms with Gasteiger partial charge in [-0.2, -0.15) is 0 Å². The lowest BCUT2D eigenvalue weighted by Gasteiger charge is -2.35. The molecule has 0 spiro atoms. The fourth-order valence-corrected chi connectivity index (χ4v) is 5.66. The summed E-state index contributed by atoms with van der Waals surface area (Å²) in [6, 6.07) is 14.2. The quantitative estimate of drug-likeness (QED) is 0.335. The molecular weight excluding hydrogens is 432 g/mol. The first-order chi connectivity index (χ1) is 17.1. The van der Waals surface area contributed by atoms with E-state index >= 15 is 0 Å². The number of nitrogens with zero attached hydrogens (tertiary/aromatic N) is 2. The van der Waals surface area contributed by atoms with Gasteiger partial charge in [-0.1, -0.05) is 77.1 Å². The number of ether oxygens (including phenoxy) is 1. The molecule has 4 rings (SSSR count). The molecule has 4 heteroatoms. The van der Waals surface area contributed by atoms with Crippen LogP contribution in [0.25, 0.3) is 0 Å². The van der Waals surface area contributed by atoms with Gasteiger partial charge in [-0.05, 0) is 60.9 Å². The van der Waals surface area contributed by atoms with E-state index in [1.54, 1.807) is 12.1 Å². The summed E-state index contributed by atoms with van der Waals surface area (Å²) in [4.78, 5) is 9.33. The lowest BCUT2D eigenvalue weighted by atomic mass is 9.78. The standard InChI is InChI=1S/C31H42N2O2/c1-4-22(5-2)11-7-8-13-24-16-15-23-12-9-10-14-26(23)31(24)35-29-18-17-25(34)21-27(29)28-19-20-32-30(6-3)33-28/h9-10,12,14,17-18,20-22,24,30-31,34H,4-8,11,13,15-16,19H2,1-3H3. The van der Waals surface area contributed by atoms with E-state index in [-0.39, 0.29) is 18.0 Å². The first-order valence-electron chi connectivity index (χ1n) is 13.8. The second kappa shape index (κ2) is 12.4. The number of aryl methyl sites for hydroxylation is 1. The van der Waals surface area contributed by atoms with Gasteiger partial charge in [0.15, 0.2) is 0 Å². The fraction of sp³-hybridized carbons (Fsp3) is 0.548. The van der Waals surface area contributed by atoms with Crippen molar-refractivity contribution in [2.24, 2.45) is 21.8 Å². The van der Waals surface area contributed by atoms with Crippen molar-refractivity contribution in [1.82, 2.24) is 0 Å². The minimum Gasteiger partial charge on any atom is -0.508 e. The maximum absolute atomic E-state index is 10.3. The Morgan fingerprint density at radius 1 is 1.06 bits per heavy atom. The molecule has 2 aromatic carbocycles. The molecule has 0 radical (unpaired) electrons. The van der Waals surface area contributed by atoms with Crippen LogP contribution in [0.5, 0.6) is 11.5 Å². The van der Waals surface area contributed by atoms with Gasteiger partial charge in [0, 0.05) is 24.1 Å². The van der Waals surface area contributed by atoms with E-state index in [0.717, 1.165) is 42.2 Å². The molecular formula is C31H42N2O2. The zero-order chi connectivity index (χ0) is 24.6. The predicted molar refractivity (Wildman–Crippen MR) is 146 cm³/mol. The third-order valence-electron chi connectivity index (χ3n) is 7.93. The minimum absolute atomic E-state index is 0.0243. The molecule has 4 nitrogen and oxygen atoms in total. The largest absolute Gasteiger partial charge is 0.508 e. The van der Waals surface area contributed by atoms with Gasteiger partial charge >= 0.3 is 0 Å². The monoisotopic (exact) mass is 474 g/mol. The number of unbranched alkanes of at least 4 members (excludes halogenated alkanes) is 1. The van der Waals surface area contributed by atoms with Crippen LogP contribution in [0.4, 0.5) is 0 Å². The van der Waals surface area contributed by atoms with Crippen LogP contribution in [0, 0.1) is 11.8 Å². The Labute approximate surface area is 211 Å². The molecule has 188 valence electrons. The summed E-state index contributed by atoms with van der Waals surface area (Å²) in [5.41, 5.74) is 4.56. The molecule has 1 aliphatic carbocycles. The number of phenols is 1. The van der Waals surface area contributed by atoms with Crippen molar-refractivity contribution in [2.75, 3.05) is 0 Å².